The molecule has 6 rings (SSSR count). The van der Waals surface area contributed by atoms with Crippen molar-refractivity contribution in [1.29, 1.82) is 0 Å². The van der Waals surface area contributed by atoms with E-state index in [0.717, 1.165) is 16.8 Å². The monoisotopic (exact) mass is 525 g/mol. The average molecular weight is 526 g/mol. The number of anilines is 1. The normalized spacial score (nSPS) is 22.9. The van der Waals surface area contributed by atoms with E-state index in [1.165, 1.54) is 0 Å². The maximum Gasteiger partial charge on any atom is 0.180 e. The summed E-state index contributed by atoms with van der Waals surface area (Å²) in [5.41, 5.74) is 0.912. The summed E-state index contributed by atoms with van der Waals surface area (Å²) in [4.78, 5) is 45.5. The number of ether oxygens (including phenoxy) is 1. The van der Waals surface area contributed by atoms with Crippen molar-refractivity contribution in [3.8, 4) is 5.75 Å². The quantitative estimate of drug-likeness (QED) is 0.370. The van der Waals surface area contributed by atoms with E-state index in [9.17, 15) is 14.4 Å². The Kier molecular flexibility index (Phi) is 5.45. The van der Waals surface area contributed by atoms with Gasteiger partial charge < -0.3 is 9.64 Å². The van der Waals surface area contributed by atoms with Gasteiger partial charge in [-0.15, -0.1) is 0 Å². The third kappa shape index (κ3) is 3.21. The molecule has 0 N–H and O–H groups in total. The van der Waals surface area contributed by atoms with Gasteiger partial charge in [0.2, 0.25) is 0 Å². The molecule has 1 saturated heterocycles. The molecular weight excluding hydrogens is 498 g/mol. The smallest absolute Gasteiger partial charge is 0.180 e. The molecule has 38 heavy (non-hydrogen) atoms. The molecule has 0 bridgehead atoms. The average Bonchev–Trinajstić information content (AvgIpc) is 3.33. The highest BCUT2D eigenvalue weighted by atomic mass is 35.5. The minimum absolute atomic E-state index is 0.0417. The van der Waals surface area contributed by atoms with Crippen LogP contribution in [-0.4, -0.2) is 36.5 Å². The van der Waals surface area contributed by atoms with Gasteiger partial charge in [0, 0.05) is 33.2 Å². The summed E-state index contributed by atoms with van der Waals surface area (Å²) in [5.74, 6) is -0.671. The SMILES string of the molecule is COc1cccc([C@H]2[C@H](C(=O)C(C)(C)C)N3c4ccc(Cl)cc4C=C[C@@H]3C23C(=O)c2ccccc2C3=O)c1. The summed E-state index contributed by atoms with van der Waals surface area (Å²) in [6.45, 7) is 5.65. The number of methoxy groups -OCH3 is 1. The number of carbonyl (C=O) groups excluding carboxylic acids is 3. The largest absolute Gasteiger partial charge is 0.497 e. The molecule has 3 atom stereocenters. The van der Waals surface area contributed by atoms with E-state index in [0.29, 0.717) is 21.9 Å². The topological polar surface area (TPSA) is 63.7 Å². The third-order valence-electron chi connectivity index (χ3n) is 8.23. The van der Waals surface area contributed by atoms with Gasteiger partial charge in [0.05, 0.1) is 19.2 Å². The zero-order chi connectivity index (χ0) is 27.0. The first-order valence-electron chi connectivity index (χ1n) is 12.7. The highest BCUT2D eigenvalue weighted by Gasteiger charge is 2.71. The summed E-state index contributed by atoms with van der Waals surface area (Å²) in [5, 5.41) is 0.573. The molecule has 1 fully saturated rings. The number of hydrogen-bond donors (Lipinski definition) is 0. The van der Waals surface area contributed by atoms with E-state index >= 15 is 0 Å². The number of fused-ring (bicyclic) bond motifs is 5. The summed E-state index contributed by atoms with van der Waals surface area (Å²) < 4.78 is 5.54. The van der Waals surface area contributed by atoms with Crippen molar-refractivity contribution in [2.75, 3.05) is 12.0 Å². The number of nitrogens with zero attached hydrogens (tertiary/aromatic N) is 1. The van der Waals surface area contributed by atoms with Gasteiger partial charge >= 0.3 is 0 Å². The number of ketones is 3. The van der Waals surface area contributed by atoms with E-state index in [4.69, 9.17) is 16.3 Å². The molecule has 0 amide bonds. The van der Waals surface area contributed by atoms with E-state index in [1.54, 1.807) is 37.4 Å². The molecule has 3 aliphatic rings. The van der Waals surface area contributed by atoms with Gasteiger partial charge in [-0.05, 0) is 41.5 Å². The molecule has 1 aliphatic carbocycles. The number of halogens is 1. The molecule has 0 radical (unpaired) electrons. The Labute approximate surface area is 227 Å². The van der Waals surface area contributed by atoms with Crippen LogP contribution in [0.4, 0.5) is 5.69 Å². The van der Waals surface area contributed by atoms with Gasteiger partial charge in [0.1, 0.15) is 11.2 Å². The zero-order valence-electron chi connectivity index (χ0n) is 21.7. The lowest BCUT2D eigenvalue weighted by atomic mass is 9.63. The Bertz CT molecular complexity index is 1510. The standard InChI is InChI=1S/C32H28ClNO4/c1-31(2,3)30(37)27-26(19-8-7-9-21(17-19)38-4)32(28(35)22-10-5-6-11-23(22)29(32)36)25-15-12-18-16-20(33)13-14-24(18)34(25)27/h5-17,25-27H,1-4H3/t25-,26+,27-/m1/s1. The van der Waals surface area contributed by atoms with E-state index < -0.39 is 28.8 Å². The maximum atomic E-state index is 14.6. The molecule has 1 spiro atoms. The van der Waals surface area contributed by atoms with Gasteiger partial charge in [-0.25, -0.2) is 0 Å². The number of carbonyl (C=O) groups is 3. The van der Waals surface area contributed by atoms with Crippen LogP contribution in [0.3, 0.4) is 0 Å². The molecule has 192 valence electrons. The van der Waals surface area contributed by atoms with E-state index in [-0.39, 0.29) is 17.3 Å². The molecule has 6 heteroatoms. The van der Waals surface area contributed by atoms with E-state index in [2.05, 4.69) is 0 Å². The fourth-order valence-electron chi connectivity index (χ4n) is 6.60. The van der Waals surface area contributed by atoms with Crippen molar-refractivity contribution in [3.05, 3.63) is 100 Å². The Morgan fingerprint density at radius 2 is 1.63 bits per heavy atom. The fourth-order valence-corrected chi connectivity index (χ4v) is 6.78. The molecule has 0 saturated carbocycles. The predicted molar refractivity (Wildman–Crippen MR) is 148 cm³/mol. The van der Waals surface area contributed by atoms with Crippen LogP contribution in [-0.2, 0) is 4.79 Å². The minimum atomic E-state index is -1.52. The Morgan fingerprint density at radius 3 is 2.26 bits per heavy atom. The van der Waals surface area contributed by atoms with Crippen molar-refractivity contribution in [2.24, 2.45) is 10.8 Å². The lowest BCUT2D eigenvalue weighted by Gasteiger charge is -2.38. The lowest BCUT2D eigenvalue weighted by molar-refractivity contribution is -0.127. The first-order chi connectivity index (χ1) is 18.1. The molecule has 2 heterocycles. The minimum Gasteiger partial charge on any atom is -0.497 e. The summed E-state index contributed by atoms with van der Waals surface area (Å²) in [6, 6.07) is 18.5. The fraction of sp³-hybridized carbons (Fsp3) is 0.281. The number of Topliss-reactive ketones (excluding diaryl/α,β-unsaturated/α-hetero) is 3. The molecule has 2 aliphatic heterocycles. The Balaban J connectivity index is 1.70. The maximum absolute atomic E-state index is 14.6. The number of rotatable bonds is 3. The second-order valence-corrected chi connectivity index (χ2v) is 11.7. The van der Waals surface area contributed by atoms with Crippen LogP contribution < -0.4 is 9.64 Å². The van der Waals surface area contributed by atoms with Crippen LogP contribution in [0.1, 0.15) is 58.5 Å². The second kappa shape index (κ2) is 8.40. The molecular formula is C32H28ClNO4. The zero-order valence-corrected chi connectivity index (χ0v) is 22.5. The van der Waals surface area contributed by atoms with E-state index in [1.807, 2.05) is 74.2 Å². The van der Waals surface area contributed by atoms with Crippen LogP contribution in [0.5, 0.6) is 5.75 Å². The van der Waals surface area contributed by atoms with Gasteiger partial charge in [-0.1, -0.05) is 80.9 Å². The number of benzene rings is 3. The van der Waals surface area contributed by atoms with Crippen molar-refractivity contribution in [2.45, 2.75) is 38.8 Å². The molecule has 0 unspecified atom stereocenters. The van der Waals surface area contributed by atoms with Crippen LogP contribution >= 0.6 is 11.6 Å². The van der Waals surface area contributed by atoms with Crippen LogP contribution in [0.15, 0.2) is 72.8 Å². The van der Waals surface area contributed by atoms with Crippen molar-refractivity contribution < 1.29 is 19.1 Å². The summed E-state index contributed by atoms with van der Waals surface area (Å²) >= 11 is 6.34. The molecule has 3 aromatic rings. The molecule has 3 aromatic carbocycles. The van der Waals surface area contributed by atoms with Gasteiger partial charge in [0.15, 0.2) is 17.3 Å². The third-order valence-corrected chi connectivity index (χ3v) is 8.46. The highest BCUT2D eigenvalue weighted by molar-refractivity contribution is 6.32. The van der Waals surface area contributed by atoms with Crippen molar-refractivity contribution in [1.82, 2.24) is 0 Å². The Morgan fingerprint density at radius 1 is 0.947 bits per heavy atom. The van der Waals surface area contributed by atoms with Crippen molar-refractivity contribution in [3.63, 3.8) is 0 Å². The first kappa shape index (κ1) is 24.6. The highest BCUT2D eigenvalue weighted by Crippen LogP contribution is 2.61. The Hall–Kier alpha value is -3.70. The van der Waals surface area contributed by atoms with Gasteiger partial charge in [-0.2, -0.15) is 0 Å². The predicted octanol–water partition coefficient (Wildman–Crippen LogP) is 6.40. The molecule has 0 aromatic heterocycles. The van der Waals surface area contributed by atoms with Crippen LogP contribution in [0.25, 0.3) is 6.08 Å². The first-order valence-corrected chi connectivity index (χ1v) is 13.1. The van der Waals surface area contributed by atoms with Gasteiger partial charge in [-0.3, -0.25) is 14.4 Å². The molecule has 5 nitrogen and oxygen atoms in total. The number of hydrogen-bond acceptors (Lipinski definition) is 5. The van der Waals surface area contributed by atoms with Crippen LogP contribution in [0.2, 0.25) is 5.02 Å². The van der Waals surface area contributed by atoms with Crippen molar-refractivity contribution >= 4 is 40.7 Å². The van der Waals surface area contributed by atoms with Gasteiger partial charge in [0.25, 0.3) is 0 Å². The van der Waals surface area contributed by atoms with Crippen LogP contribution in [0, 0.1) is 10.8 Å². The summed E-state index contributed by atoms with van der Waals surface area (Å²) in [7, 11) is 1.58. The summed E-state index contributed by atoms with van der Waals surface area (Å²) in [6.07, 6.45) is 3.82. The lowest BCUT2D eigenvalue weighted by Crippen LogP contribution is -2.49. The second-order valence-electron chi connectivity index (χ2n) is 11.3.